The molecule has 1 aliphatic heterocycles. The van der Waals surface area contributed by atoms with E-state index in [1.165, 1.54) is 0 Å². The first-order valence-corrected chi connectivity index (χ1v) is 10.7. The average Bonchev–Trinajstić information content (AvgIpc) is 2.77. The second-order valence-electron chi connectivity index (χ2n) is 7.55. The molecule has 5 nitrogen and oxygen atoms in total. The van der Waals surface area contributed by atoms with E-state index in [1.807, 2.05) is 55.5 Å². The number of rotatable bonds is 6. The molecule has 0 saturated carbocycles. The van der Waals surface area contributed by atoms with Gasteiger partial charge in [-0.05, 0) is 43.7 Å². The van der Waals surface area contributed by atoms with Crippen LogP contribution in [0.2, 0.25) is 5.02 Å². The van der Waals surface area contributed by atoms with Crippen LogP contribution >= 0.6 is 11.6 Å². The number of benzene rings is 2. The van der Waals surface area contributed by atoms with Gasteiger partial charge in [0.2, 0.25) is 0 Å². The Labute approximate surface area is 182 Å². The number of fused-ring (bicyclic) bond motifs is 1. The highest BCUT2D eigenvalue weighted by atomic mass is 35.5. The minimum atomic E-state index is -0.0525. The van der Waals surface area contributed by atoms with E-state index in [4.69, 9.17) is 21.3 Å². The van der Waals surface area contributed by atoms with E-state index in [-0.39, 0.29) is 5.91 Å². The predicted molar refractivity (Wildman–Crippen MR) is 121 cm³/mol. The van der Waals surface area contributed by atoms with Crippen LogP contribution in [0.3, 0.4) is 0 Å². The monoisotopic (exact) mass is 423 g/mol. The van der Waals surface area contributed by atoms with Crippen molar-refractivity contribution in [1.29, 1.82) is 0 Å². The third-order valence-corrected chi connectivity index (χ3v) is 5.77. The second-order valence-corrected chi connectivity index (χ2v) is 7.98. The Hall–Kier alpha value is -2.47. The van der Waals surface area contributed by atoms with Gasteiger partial charge in [-0.2, -0.15) is 0 Å². The number of hydrogen-bond donors (Lipinski definition) is 1. The van der Waals surface area contributed by atoms with Crippen molar-refractivity contribution in [2.24, 2.45) is 0 Å². The van der Waals surface area contributed by atoms with Crippen LogP contribution in [-0.4, -0.2) is 55.2 Å². The zero-order chi connectivity index (χ0) is 20.9. The van der Waals surface area contributed by atoms with E-state index >= 15 is 0 Å². The molecule has 1 saturated heterocycles. The molecule has 1 amide bonds. The van der Waals surface area contributed by atoms with Gasteiger partial charge in [0.1, 0.15) is 0 Å². The van der Waals surface area contributed by atoms with Crippen LogP contribution < -0.4 is 5.32 Å². The van der Waals surface area contributed by atoms with Crippen molar-refractivity contribution in [2.45, 2.75) is 13.3 Å². The van der Waals surface area contributed by atoms with Crippen molar-refractivity contribution in [3.63, 3.8) is 0 Å². The molecule has 1 N–H and O–H groups in total. The normalized spacial score (nSPS) is 14.7. The number of amides is 1. The summed E-state index contributed by atoms with van der Waals surface area (Å²) in [4.78, 5) is 20.4. The van der Waals surface area contributed by atoms with Crippen molar-refractivity contribution in [2.75, 3.05) is 39.4 Å². The molecule has 6 heteroatoms. The van der Waals surface area contributed by atoms with Gasteiger partial charge in [0, 0.05) is 35.6 Å². The Morgan fingerprint density at radius 3 is 2.63 bits per heavy atom. The second kappa shape index (κ2) is 9.56. The highest BCUT2D eigenvalue weighted by Gasteiger charge is 2.19. The van der Waals surface area contributed by atoms with Crippen LogP contribution in [0, 0.1) is 6.92 Å². The average molecular weight is 424 g/mol. The van der Waals surface area contributed by atoms with Gasteiger partial charge in [-0.25, -0.2) is 4.98 Å². The Balaban J connectivity index is 1.56. The number of halogens is 1. The molecule has 1 aromatic heterocycles. The van der Waals surface area contributed by atoms with E-state index in [0.29, 0.717) is 17.1 Å². The number of ether oxygens (including phenoxy) is 1. The molecule has 0 spiro atoms. The van der Waals surface area contributed by atoms with Gasteiger partial charge < -0.3 is 10.1 Å². The van der Waals surface area contributed by atoms with Crippen molar-refractivity contribution >= 4 is 28.4 Å². The standard InChI is InChI=1S/C24H26ClN3O2/c1-17-22(24(29)26-11-4-12-28-13-15-30-16-14-28)20-5-2-3-6-21(20)27-23(17)18-7-9-19(25)10-8-18/h2-3,5-10H,4,11-16H2,1H3,(H,26,29). The molecule has 3 aromatic rings. The summed E-state index contributed by atoms with van der Waals surface area (Å²) in [7, 11) is 0. The lowest BCUT2D eigenvalue weighted by Gasteiger charge is -2.26. The van der Waals surface area contributed by atoms with Crippen LogP contribution in [0.1, 0.15) is 22.3 Å². The van der Waals surface area contributed by atoms with Crippen molar-refractivity contribution in [3.05, 3.63) is 64.7 Å². The Morgan fingerprint density at radius 1 is 1.13 bits per heavy atom. The fourth-order valence-corrected chi connectivity index (χ4v) is 4.03. The SMILES string of the molecule is Cc1c(-c2ccc(Cl)cc2)nc2ccccc2c1C(=O)NCCCN1CCOCC1. The zero-order valence-corrected chi connectivity index (χ0v) is 17.9. The van der Waals surface area contributed by atoms with Crippen LogP contribution in [0.15, 0.2) is 48.5 Å². The number of para-hydroxylation sites is 1. The van der Waals surface area contributed by atoms with Crippen LogP contribution in [0.25, 0.3) is 22.2 Å². The van der Waals surface area contributed by atoms with Crippen LogP contribution in [0.4, 0.5) is 0 Å². The number of pyridine rings is 1. The lowest BCUT2D eigenvalue weighted by atomic mass is 9.97. The third kappa shape index (κ3) is 4.64. The molecule has 0 bridgehead atoms. The predicted octanol–water partition coefficient (Wildman–Crippen LogP) is 4.32. The number of hydrogen-bond acceptors (Lipinski definition) is 4. The fourth-order valence-electron chi connectivity index (χ4n) is 3.91. The molecule has 1 aliphatic rings. The summed E-state index contributed by atoms with van der Waals surface area (Å²) in [6.45, 7) is 7.09. The van der Waals surface area contributed by atoms with Gasteiger partial charge in [-0.1, -0.05) is 41.9 Å². The first-order valence-electron chi connectivity index (χ1n) is 10.4. The zero-order valence-electron chi connectivity index (χ0n) is 17.2. The molecule has 0 unspecified atom stereocenters. The first-order chi connectivity index (χ1) is 14.6. The number of carbonyl (C=O) groups excluding carboxylic acids is 1. The van der Waals surface area contributed by atoms with E-state index < -0.39 is 0 Å². The van der Waals surface area contributed by atoms with Crippen molar-refractivity contribution in [1.82, 2.24) is 15.2 Å². The summed E-state index contributed by atoms with van der Waals surface area (Å²) in [6.07, 6.45) is 0.915. The fraction of sp³-hybridized carbons (Fsp3) is 0.333. The highest BCUT2D eigenvalue weighted by Crippen LogP contribution is 2.30. The third-order valence-electron chi connectivity index (χ3n) is 5.52. The number of aromatic nitrogens is 1. The number of carbonyl (C=O) groups is 1. The molecule has 156 valence electrons. The molecule has 0 atom stereocenters. The van der Waals surface area contributed by atoms with E-state index in [1.54, 1.807) is 0 Å². The topological polar surface area (TPSA) is 54.5 Å². The summed E-state index contributed by atoms with van der Waals surface area (Å²) in [5.41, 5.74) is 4.14. The minimum Gasteiger partial charge on any atom is -0.379 e. The molecule has 30 heavy (non-hydrogen) atoms. The Morgan fingerprint density at radius 2 is 1.87 bits per heavy atom. The summed E-state index contributed by atoms with van der Waals surface area (Å²) < 4.78 is 5.39. The van der Waals surface area contributed by atoms with E-state index in [0.717, 1.165) is 67.0 Å². The number of nitrogens with zero attached hydrogens (tertiary/aromatic N) is 2. The molecule has 0 aliphatic carbocycles. The molecule has 2 heterocycles. The summed E-state index contributed by atoms with van der Waals surface area (Å²) in [5.74, 6) is -0.0525. The molecule has 0 radical (unpaired) electrons. The van der Waals surface area contributed by atoms with Gasteiger partial charge in [-0.15, -0.1) is 0 Å². The van der Waals surface area contributed by atoms with Gasteiger partial charge in [0.15, 0.2) is 0 Å². The molecular weight excluding hydrogens is 398 g/mol. The quantitative estimate of drug-likeness (QED) is 0.600. The van der Waals surface area contributed by atoms with Gasteiger partial charge in [-0.3, -0.25) is 9.69 Å². The summed E-state index contributed by atoms with van der Waals surface area (Å²) in [5, 5.41) is 4.66. The van der Waals surface area contributed by atoms with Crippen LogP contribution in [0.5, 0.6) is 0 Å². The van der Waals surface area contributed by atoms with E-state index in [9.17, 15) is 4.79 Å². The molecule has 4 rings (SSSR count). The number of morpholine rings is 1. The molecular formula is C24H26ClN3O2. The largest absolute Gasteiger partial charge is 0.379 e. The van der Waals surface area contributed by atoms with Crippen molar-refractivity contribution < 1.29 is 9.53 Å². The Kier molecular flexibility index (Phi) is 6.62. The lowest BCUT2D eigenvalue weighted by Crippen LogP contribution is -2.38. The maximum absolute atomic E-state index is 13.2. The maximum Gasteiger partial charge on any atom is 0.252 e. The maximum atomic E-state index is 13.2. The van der Waals surface area contributed by atoms with Gasteiger partial charge >= 0.3 is 0 Å². The van der Waals surface area contributed by atoms with Crippen molar-refractivity contribution in [3.8, 4) is 11.3 Å². The number of nitrogens with one attached hydrogen (secondary N) is 1. The van der Waals surface area contributed by atoms with Gasteiger partial charge in [0.25, 0.3) is 5.91 Å². The molecule has 1 fully saturated rings. The summed E-state index contributed by atoms with van der Waals surface area (Å²) >= 11 is 6.05. The smallest absolute Gasteiger partial charge is 0.252 e. The van der Waals surface area contributed by atoms with Crippen LogP contribution in [-0.2, 0) is 4.74 Å². The first kappa shape index (κ1) is 20.8. The van der Waals surface area contributed by atoms with E-state index in [2.05, 4.69) is 10.2 Å². The minimum absolute atomic E-state index is 0.0525. The summed E-state index contributed by atoms with van der Waals surface area (Å²) in [6, 6.07) is 15.4. The van der Waals surface area contributed by atoms with Gasteiger partial charge in [0.05, 0.1) is 30.0 Å². The lowest BCUT2D eigenvalue weighted by molar-refractivity contribution is 0.0374. The molecule has 2 aromatic carbocycles. The highest BCUT2D eigenvalue weighted by molar-refractivity contribution is 6.30. The Bertz CT molecular complexity index is 1030.